The summed E-state index contributed by atoms with van der Waals surface area (Å²) in [7, 11) is 0. The zero-order chi connectivity index (χ0) is 9.90. The van der Waals surface area contributed by atoms with Gasteiger partial charge < -0.3 is 5.11 Å². The maximum absolute atomic E-state index is 9.59. The van der Waals surface area contributed by atoms with Gasteiger partial charge in [0.05, 0.1) is 6.10 Å². The van der Waals surface area contributed by atoms with Gasteiger partial charge in [-0.3, -0.25) is 4.90 Å². The van der Waals surface area contributed by atoms with Gasteiger partial charge >= 0.3 is 0 Å². The van der Waals surface area contributed by atoms with Crippen LogP contribution < -0.4 is 0 Å². The van der Waals surface area contributed by atoms with Gasteiger partial charge in [-0.05, 0) is 20.3 Å². The van der Waals surface area contributed by atoms with Gasteiger partial charge in [0.1, 0.15) is 0 Å². The number of hydrogen-bond acceptors (Lipinski definition) is 3. The number of rotatable bonds is 3. The number of thioether (sulfide) groups is 1. The first-order valence-electron chi connectivity index (χ1n) is 5.07. The van der Waals surface area contributed by atoms with Gasteiger partial charge in [-0.15, -0.1) is 0 Å². The lowest BCUT2D eigenvalue weighted by molar-refractivity contribution is 0.0610. The van der Waals surface area contributed by atoms with E-state index in [-0.39, 0.29) is 11.6 Å². The molecule has 0 aromatic carbocycles. The first kappa shape index (κ1) is 11.3. The third kappa shape index (κ3) is 3.15. The second kappa shape index (κ2) is 4.67. The molecule has 1 rings (SSSR count). The van der Waals surface area contributed by atoms with E-state index in [0.29, 0.717) is 0 Å². The molecule has 0 bridgehead atoms. The van der Waals surface area contributed by atoms with Crippen LogP contribution in [0.2, 0.25) is 0 Å². The normalized spacial score (nSPS) is 25.8. The summed E-state index contributed by atoms with van der Waals surface area (Å²) in [6.45, 7) is 8.53. The molecule has 1 atom stereocenters. The fraction of sp³-hybridized carbons (Fsp3) is 1.00. The predicted molar refractivity (Wildman–Crippen MR) is 59.3 cm³/mol. The van der Waals surface area contributed by atoms with E-state index >= 15 is 0 Å². The van der Waals surface area contributed by atoms with E-state index < -0.39 is 0 Å². The molecule has 0 radical (unpaired) electrons. The van der Waals surface area contributed by atoms with Crippen molar-refractivity contribution in [2.75, 3.05) is 24.6 Å². The summed E-state index contributed by atoms with van der Waals surface area (Å²) in [5.74, 6) is 2.39. The van der Waals surface area contributed by atoms with Crippen molar-refractivity contribution in [2.45, 2.75) is 38.8 Å². The van der Waals surface area contributed by atoms with Crippen molar-refractivity contribution in [3.8, 4) is 0 Å². The molecule has 0 amide bonds. The van der Waals surface area contributed by atoms with Gasteiger partial charge in [-0.2, -0.15) is 11.8 Å². The maximum Gasteiger partial charge on any atom is 0.0664 e. The Morgan fingerprint density at radius 1 is 1.54 bits per heavy atom. The van der Waals surface area contributed by atoms with Gasteiger partial charge in [0.15, 0.2) is 0 Å². The Bertz CT molecular complexity index is 161. The van der Waals surface area contributed by atoms with E-state index in [0.717, 1.165) is 19.5 Å². The molecule has 0 unspecified atom stereocenters. The minimum atomic E-state index is -0.151. The number of nitrogens with zero attached hydrogens (tertiary/aromatic N) is 1. The molecule has 0 spiro atoms. The molecule has 2 nitrogen and oxygen atoms in total. The quantitative estimate of drug-likeness (QED) is 0.753. The molecule has 1 aliphatic heterocycles. The van der Waals surface area contributed by atoms with Crippen molar-refractivity contribution in [3.05, 3.63) is 0 Å². The molecule has 1 aliphatic rings. The number of β-amino-alcohol motifs (C(OH)–C–C–N with tert-alkyl or cyclic N) is 1. The van der Waals surface area contributed by atoms with Gasteiger partial charge in [-0.25, -0.2) is 0 Å². The molecule has 0 aromatic rings. The largest absolute Gasteiger partial charge is 0.392 e. The molecular weight excluding hydrogens is 182 g/mol. The van der Waals surface area contributed by atoms with Crippen molar-refractivity contribution in [1.82, 2.24) is 4.90 Å². The number of aliphatic hydroxyl groups excluding tert-OH is 1. The SMILES string of the molecule is CC[C@@H](O)CN1CCSCC1(C)C. The van der Waals surface area contributed by atoms with Crippen LogP contribution in [0.25, 0.3) is 0 Å². The third-order valence-electron chi connectivity index (χ3n) is 2.72. The smallest absolute Gasteiger partial charge is 0.0664 e. The van der Waals surface area contributed by atoms with Gasteiger partial charge in [0, 0.05) is 30.1 Å². The van der Waals surface area contributed by atoms with Crippen molar-refractivity contribution in [3.63, 3.8) is 0 Å². The minimum Gasteiger partial charge on any atom is -0.392 e. The highest BCUT2D eigenvalue weighted by Crippen LogP contribution is 2.25. The van der Waals surface area contributed by atoms with Crippen molar-refractivity contribution >= 4 is 11.8 Å². The summed E-state index contributed by atoms with van der Waals surface area (Å²) in [6.07, 6.45) is 0.710. The van der Waals surface area contributed by atoms with E-state index in [1.807, 2.05) is 18.7 Å². The summed E-state index contributed by atoms with van der Waals surface area (Å²) in [4.78, 5) is 2.41. The Morgan fingerprint density at radius 3 is 2.77 bits per heavy atom. The second-order valence-electron chi connectivity index (χ2n) is 4.37. The molecule has 1 saturated heterocycles. The second-order valence-corrected chi connectivity index (χ2v) is 5.48. The van der Waals surface area contributed by atoms with Crippen LogP contribution in [0.15, 0.2) is 0 Å². The Labute approximate surface area is 85.7 Å². The van der Waals surface area contributed by atoms with Crippen LogP contribution in [-0.2, 0) is 0 Å². The lowest BCUT2D eigenvalue weighted by Gasteiger charge is -2.42. The van der Waals surface area contributed by atoms with Gasteiger partial charge in [0.2, 0.25) is 0 Å². The van der Waals surface area contributed by atoms with Gasteiger partial charge in [0.25, 0.3) is 0 Å². The number of hydrogen-bond donors (Lipinski definition) is 1. The monoisotopic (exact) mass is 203 g/mol. The summed E-state index contributed by atoms with van der Waals surface area (Å²) < 4.78 is 0. The molecule has 1 fully saturated rings. The van der Waals surface area contributed by atoms with E-state index in [1.54, 1.807) is 0 Å². The maximum atomic E-state index is 9.59. The van der Waals surface area contributed by atoms with E-state index in [1.165, 1.54) is 11.5 Å². The minimum absolute atomic E-state index is 0.151. The fourth-order valence-electron chi connectivity index (χ4n) is 1.61. The van der Waals surface area contributed by atoms with Crippen LogP contribution in [0.3, 0.4) is 0 Å². The predicted octanol–water partition coefficient (Wildman–Crippen LogP) is 1.58. The summed E-state index contributed by atoms with van der Waals surface area (Å²) in [5.41, 5.74) is 0.263. The van der Waals surface area contributed by atoms with Crippen LogP contribution in [0.1, 0.15) is 27.2 Å². The molecular formula is C10H21NOS. The van der Waals surface area contributed by atoms with Crippen LogP contribution in [-0.4, -0.2) is 46.2 Å². The zero-order valence-corrected chi connectivity index (χ0v) is 9.73. The van der Waals surface area contributed by atoms with Crippen LogP contribution >= 0.6 is 11.8 Å². The Hall–Kier alpha value is 0.270. The van der Waals surface area contributed by atoms with Crippen molar-refractivity contribution in [2.24, 2.45) is 0 Å². The molecule has 0 saturated carbocycles. The Morgan fingerprint density at radius 2 is 2.23 bits per heavy atom. The zero-order valence-electron chi connectivity index (χ0n) is 8.92. The molecule has 1 heterocycles. The molecule has 1 N–H and O–H groups in total. The average Bonchev–Trinajstić information content (AvgIpc) is 2.08. The van der Waals surface area contributed by atoms with E-state index in [2.05, 4.69) is 18.7 Å². The lowest BCUT2D eigenvalue weighted by Crippen LogP contribution is -2.52. The Kier molecular flexibility index (Phi) is 4.07. The first-order chi connectivity index (χ1) is 6.06. The fourth-order valence-corrected chi connectivity index (χ4v) is 2.79. The summed E-state index contributed by atoms with van der Waals surface area (Å²) in [6, 6.07) is 0. The lowest BCUT2D eigenvalue weighted by atomic mass is 10.0. The van der Waals surface area contributed by atoms with Gasteiger partial charge in [-0.1, -0.05) is 6.92 Å². The summed E-state index contributed by atoms with van der Waals surface area (Å²) >= 11 is 2.02. The van der Waals surface area contributed by atoms with E-state index in [9.17, 15) is 5.11 Å². The average molecular weight is 203 g/mol. The topological polar surface area (TPSA) is 23.5 Å². The third-order valence-corrected chi connectivity index (χ3v) is 4.10. The number of aliphatic hydroxyl groups is 1. The summed E-state index contributed by atoms with van der Waals surface area (Å²) in [5, 5.41) is 9.59. The van der Waals surface area contributed by atoms with Crippen molar-refractivity contribution < 1.29 is 5.11 Å². The van der Waals surface area contributed by atoms with E-state index in [4.69, 9.17) is 0 Å². The molecule has 0 aromatic heterocycles. The highest BCUT2D eigenvalue weighted by atomic mass is 32.2. The Balaban J connectivity index is 2.46. The first-order valence-corrected chi connectivity index (χ1v) is 6.22. The highest BCUT2D eigenvalue weighted by molar-refractivity contribution is 7.99. The molecule has 0 aliphatic carbocycles. The van der Waals surface area contributed by atoms with Crippen LogP contribution in [0.4, 0.5) is 0 Å². The van der Waals surface area contributed by atoms with Crippen LogP contribution in [0, 0.1) is 0 Å². The molecule has 78 valence electrons. The van der Waals surface area contributed by atoms with Crippen molar-refractivity contribution in [1.29, 1.82) is 0 Å². The molecule has 13 heavy (non-hydrogen) atoms. The molecule has 3 heteroatoms. The van der Waals surface area contributed by atoms with Crippen LogP contribution in [0.5, 0.6) is 0 Å². The highest BCUT2D eigenvalue weighted by Gasteiger charge is 2.30. The standard InChI is InChI=1S/C10H21NOS/c1-4-9(12)7-11-5-6-13-8-10(11,2)3/h9,12H,4-8H2,1-3H3/t9-/m1/s1.